The minimum absolute atomic E-state index is 0.190. The molecule has 2 aliphatic heterocycles. The van der Waals surface area contributed by atoms with Crippen molar-refractivity contribution in [2.24, 2.45) is 0 Å². The first-order chi connectivity index (χ1) is 12.5. The fourth-order valence-corrected chi connectivity index (χ4v) is 3.83. The van der Waals surface area contributed by atoms with Crippen LogP contribution in [0.2, 0.25) is 0 Å². The van der Waals surface area contributed by atoms with Gasteiger partial charge in [-0.1, -0.05) is 12.1 Å². The van der Waals surface area contributed by atoms with Crippen molar-refractivity contribution < 1.29 is 23.9 Å². The summed E-state index contributed by atoms with van der Waals surface area (Å²) in [7, 11) is 3.04. The van der Waals surface area contributed by atoms with Crippen molar-refractivity contribution in [3.63, 3.8) is 0 Å². The first-order valence-electron chi connectivity index (χ1n) is 8.29. The molecule has 0 aromatic heterocycles. The van der Waals surface area contributed by atoms with Crippen molar-refractivity contribution in [3.05, 3.63) is 28.7 Å². The first kappa shape index (κ1) is 18.3. The van der Waals surface area contributed by atoms with Gasteiger partial charge in [-0.05, 0) is 36.7 Å². The Kier molecular flexibility index (Phi) is 5.51. The minimum atomic E-state index is -0.461. The number of hydrogen-bond donors (Lipinski definition) is 0. The number of para-hydroxylation sites is 1. The lowest BCUT2D eigenvalue weighted by molar-refractivity contribution is -0.135. The number of carbonyl (C=O) groups is 3. The highest BCUT2D eigenvalue weighted by atomic mass is 32.2. The van der Waals surface area contributed by atoms with E-state index < -0.39 is 11.1 Å². The molecule has 138 valence electrons. The molecule has 8 heteroatoms. The molecule has 1 aromatic rings. The highest BCUT2D eigenvalue weighted by Crippen LogP contribution is 2.37. The number of likely N-dealkylation sites (tertiary alicyclic amines) is 1. The lowest BCUT2D eigenvalue weighted by Crippen LogP contribution is -2.40. The second-order valence-electron chi connectivity index (χ2n) is 5.94. The molecule has 0 saturated carbocycles. The summed E-state index contributed by atoms with van der Waals surface area (Å²) in [5.74, 6) is 0.363. The highest BCUT2D eigenvalue weighted by Gasteiger charge is 2.37. The van der Waals surface area contributed by atoms with Crippen LogP contribution in [0.3, 0.4) is 0 Å². The molecule has 0 N–H and O–H groups in total. The third-order valence-electron chi connectivity index (χ3n) is 4.35. The number of amides is 3. The summed E-state index contributed by atoms with van der Waals surface area (Å²) in [6.45, 7) is 1.16. The Labute approximate surface area is 155 Å². The molecule has 26 heavy (non-hydrogen) atoms. The van der Waals surface area contributed by atoms with Gasteiger partial charge in [0.2, 0.25) is 5.91 Å². The fraction of sp³-hybridized carbons (Fsp3) is 0.389. The second-order valence-corrected chi connectivity index (χ2v) is 6.93. The summed E-state index contributed by atoms with van der Waals surface area (Å²) in [6, 6.07) is 5.29. The Morgan fingerprint density at radius 2 is 1.92 bits per heavy atom. The normalized spacial score (nSPS) is 18.8. The number of carbonyl (C=O) groups excluding carboxylic acids is 3. The molecule has 3 rings (SSSR count). The van der Waals surface area contributed by atoms with E-state index in [0.29, 0.717) is 30.2 Å². The summed E-state index contributed by atoms with van der Waals surface area (Å²) < 4.78 is 10.6. The maximum Gasteiger partial charge on any atom is 0.294 e. The summed E-state index contributed by atoms with van der Waals surface area (Å²) >= 11 is 0.825. The molecule has 0 radical (unpaired) electrons. The van der Waals surface area contributed by atoms with Gasteiger partial charge < -0.3 is 14.4 Å². The van der Waals surface area contributed by atoms with E-state index in [1.807, 2.05) is 0 Å². The Hall–Kier alpha value is -2.48. The predicted molar refractivity (Wildman–Crippen MR) is 98.0 cm³/mol. The van der Waals surface area contributed by atoms with Crippen LogP contribution >= 0.6 is 11.8 Å². The van der Waals surface area contributed by atoms with Gasteiger partial charge in [-0.25, -0.2) is 0 Å². The lowest BCUT2D eigenvalue weighted by Gasteiger charge is -2.18. The number of benzene rings is 1. The third-order valence-corrected chi connectivity index (χ3v) is 5.25. The number of methoxy groups -OCH3 is 2. The quantitative estimate of drug-likeness (QED) is 0.735. The van der Waals surface area contributed by atoms with Crippen LogP contribution < -0.4 is 9.47 Å². The molecule has 2 heterocycles. The van der Waals surface area contributed by atoms with Gasteiger partial charge in [0.05, 0.1) is 19.1 Å². The molecule has 0 bridgehead atoms. The Morgan fingerprint density at radius 3 is 2.58 bits per heavy atom. The number of hydrogen-bond acceptors (Lipinski definition) is 6. The van der Waals surface area contributed by atoms with Gasteiger partial charge in [-0.15, -0.1) is 0 Å². The molecule has 0 aliphatic carbocycles. The molecule has 0 spiro atoms. The SMILES string of the molecule is COc1cccc(/C=C2\SC(=O)N(CC(=O)N3CCCC3)C2=O)c1OC. The monoisotopic (exact) mass is 376 g/mol. The maximum absolute atomic E-state index is 12.6. The molecule has 2 saturated heterocycles. The van der Waals surface area contributed by atoms with Crippen LogP contribution in [0.25, 0.3) is 6.08 Å². The second kappa shape index (κ2) is 7.82. The number of imide groups is 1. The molecule has 2 fully saturated rings. The van der Waals surface area contributed by atoms with E-state index >= 15 is 0 Å². The maximum atomic E-state index is 12.6. The van der Waals surface area contributed by atoms with Gasteiger partial charge in [0.1, 0.15) is 6.54 Å². The van der Waals surface area contributed by atoms with Gasteiger partial charge in [-0.3, -0.25) is 19.3 Å². The summed E-state index contributed by atoms with van der Waals surface area (Å²) in [6.07, 6.45) is 3.51. The van der Waals surface area contributed by atoms with E-state index in [1.54, 1.807) is 29.2 Å². The van der Waals surface area contributed by atoms with Crippen LogP contribution in [0.5, 0.6) is 11.5 Å². The Balaban J connectivity index is 1.80. The summed E-state index contributed by atoms with van der Waals surface area (Å²) in [4.78, 5) is 40.0. The number of rotatable bonds is 5. The van der Waals surface area contributed by atoms with Crippen molar-refractivity contribution in [2.75, 3.05) is 33.9 Å². The first-order valence-corrected chi connectivity index (χ1v) is 9.11. The molecule has 3 amide bonds. The third kappa shape index (κ3) is 3.55. The molecular weight excluding hydrogens is 356 g/mol. The van der Waals surface area contributed by atoms with Gasteiger partial charge in [-0.2, -0.15) is 0 Å². The average molecular weight is 376 g/mol. The van der Waals surface area contributed by atoms with Crippen LogP contribution in [0, 0.1) is 0 Å². The number of thioether (sulfide) groups is 1. The van der Waals surface area contributed by atoms with Crippen LogP contribution in [-0.2, 0) is 9.59 Å². The number of nitrogens with zero attached hydrogens (tertiary/aromatic N) is 2. The van der Waals surface area contributed by atoms with E-state index in [0.717, 1.165) is 29.5 Å². The largest absolute Gasteiger partial charge is 0.493 e. The van der Waals surface area contributed by atoms with Crippen molar-refractivity contribution in [2.45, 2.75) is 12.8 Å². The molecular formula is C18H20N2O5S. The molecule has 0 atom stereocenters. The zero-order valence-electron chi connectivity index (χ0n) is 14.7. The van der Waals surface area contributed by atoms with Gasteiger partial charge in [0.15, 0.2) is 11.5 Å². The minimum Gasteiger partial charge on any atom is -0.493 e. The fourth-order valence-electron chi connectivity index (χ4n) is 3.00. The zero-order valence-corrected chi connectivity index (χ0v) is 15.5. The highest BCUT2D eigenvalue weighted by molar-refractivity contribution is 8.18. The Morgan fingerprint density at radius 1 is 1.19 bits per heavy atom. The molecule has 1 aromatic carbocycles. The van der Waals surface area contributed by atoms with Crippen LogP contribution in [0.15, 0.2) is 23.1 Å². The van der Waals surface area contributed by atoms with E-state index in [2.05, 4.69) is 0 Å². The average Bonchev–Trinajstić information content (AvgIpc) is 3.26. The zero-order chi connectivity index (χ0) is 18.7. The van der Waals surface area contributed by atoms with Crippen molar-refractivity contribution >= 4 is 34.9 Å². The smallest absolute Gasteiger partial charge is 0.294 e. The van der Waals surface area contributed by atoms with Crippen LogP contribution in [-0.4, -0.2) is 60.7 Å². The summed E-state index contributed by atoms with van der Waals surface area (Å²) in [5.41, 5.74) is 0.628. The van der Waals surface area contributed by atoms with E-state index in [1.165, 1.54) is 14.2 Å². The number of ether oxygens (including phenoxy) is 2. The molecule has 0 unspecified atom stereocenters. The standard InChI is InChI=1S/C18H20N2O5S/c1-24-13-7-5-6-12(16(13)25-2)10-14-17(22)20(18(23)26-14)11-15(21)19-8-3-4-9-19/h5-7,10H,3-4,8-9,11H2,1-2H3/b14-10-. The van der Waals surface area contributed by atoms with Crippen molar-refractivity contribution in [1.82, 2.24) is 9.80 Å². The van der Waals surface area contributed by atoms with Gasteiger partial charge >= 0.3 is 0 Å². The molecule has 7 nitrogen and oxygen atoms in total. The van der Waals surface area contributed by atoms with E-state index in [-0.39, 0.29) is 17.4 Å². The van der Waals surface area contributed by atoms with E-state index in [9.17, 15) is 14.4 Å². The summed E-state index contributed by atoms with van der Waals surface area (Å²) in [5, 5.41) is -0.435. The van der Waals surface area contributed by atoms with Crippen molar-refractivity contribution in [3.8, 4) is 11.5 Å². The topological polar surface area (TPSA) is 76.2 Å². The molecule has 2 aliphatic rings. The van der Waals surface area contributed by atoms with Crippen molar-refractivity contribution in [1.29, 1.82) is 0 Å². The lowest BCUT2D eigenvalue weighted by atomic mass is 10.1. The van der Waals surface area contributed by atoms with E-state index in [4.69, 9.17) is 9.47 Å². The predicted octanol–water partition coefficient (Wildman–Crippen LogP) is 2.36. The Bertz CT molecular complexity index is 771. The van der Waals surface area contributed by atoms with Crippen LogP contribution in [0.4, 0.5) is 4.79 Å². The van der Waals surface area contributed by atoms with Crippen LogP contribution in [0.1, 0.15) is 18.4 Å². The van der Waals surface area contributed by atoms with Gasteiger partial charge in [0.25, 0.3) is 11.1 Å². The van der Waals surface area contributed by atoms with Gasteiger partial charge in [0, 0.05) is 18.7 Å².